The van der Waals surface area contributed by atoms with Crippen LogP contribution in [0.2, 0.25) is 0 Å². The van der Waals surface area contributed by atoms with Crippen LogP contribution in [0, 0.1) is 10.1 Å². The van der Waals surface area contributed by atoms with Gasteiger partial charge in [0.2, 0.25) is 10.0 Å². The first-order chi connectivity index (χ1) is 15.1. The monoisotopic (exact) mass is 474 g/mol. The Morgan fingerprint density at radius 3 is 2.66 bits per heavy atom. The number of benzene rings is 2. The molecule has 11 heteroatoms. The summed E-state index contributed by atoms with van der Waals surface area (Å²) in [6, 6.07) is 12.2. The van der Waals surface area contributed by atoms with Gasteiger partial charge < -0.3 is 0 Å². The van der Waals surface area contributed by atoms with Crippen LogP contribution in [-0.4, -0.2) is 59.5 Å². The molecule has 0 bridgehead atoms. The van der Waals surface area contributed by atoms with E-state index in [2.05, 4.69) is 4.99 Å². The van der Waals surface area contributed by atoms with Crippen LogP contribution < -0.4 is 0 Å². The molecule has 0 aromatic heterocycles. The molecule has 0 spiro atoms. The fourth-order valence-corrected chi connectivity index (χ4v) is 4.90. The van der Waals surface area contributed by atoms with Gasteiger partial charge in [-0.1, -0.05) is 36.9 Å². The zero-order valence-electron chi connectivity index (χ0n) is 17.7. The van der Waals surface area contributed by atoms with Crippen LogP contribution in [0.25, 0.3) is 6.08 Å². The van der Waals surface area contributed by atoms with Gasteiger partial charge in [0.25, 0.3) is 11.6 Å². The minimum atomic E-state index is -3.60. The number of carbonyl (C=O) groups excluding carboxylic acids is 1. The number of sulfonamides is 1. The van der Waals surface area contributed by atoms with Crippen LogP contribution in [0.4, 0.5) is 11.4 Å². The van der Waals surface area contributed by atoms with E-state index in [1.54, 1.807) is 24.3 Å². The predicted molar refractivity (Wildman–Crippen MR) is 125 cm³/mol. The van der Waals surface area contributed by atoms with Crippen molar-refractivity contribution < 1.29 is 18.1 Å². The smallest absolute Gasteiger partial charge is 0.270 e. The van der Waals surface area contributed by atoms with Crippen LogP contribution in [0.5, 0.6) is 0 Å². The van der Waals surface area contributed by atoms with Crippen molar-refractivity contribution >= 4 is 50.3 Å². The summed E-state index contributed by atoms with van der Waals surface area (Å²) in [6.07, 6.45) is 2.87. The topological polar surface area (TPSA) is 113 Å². The summed E-state index contributed by atoms with van der Waals surface area (Å²) in [5.41, 5.74) is 0.900. The molecular weight excluding hydrogens is 452 g/mol. The average Bonchev–Trinajstić information content (AvgIpc) is 3.12. The van der Waals surface area contributed by atoms with E-state index >= 15 is 0 Å². The van der Waals surface area contributed by atoms with Crippen molar-refractivity contribution in [2.75, 3.05) is 20.6 Å². The van der Waals surface area contributed by atoms with Gasteiger partial charge in [0.05, 0.1) is 15.5 Å². The number of amidine groups is 1. The number of amides is 1. The summed E-state index contributed by atoms with van der Waals surface area (Å²) in [7, 11) is -0.695. The fraction of sp³-hybridized carbons (Fsp3) is 0.238. The molecule has 1 amide bonds. The number of hydrogen-bond donors (Lipinski definition) is 0. The van der Waals surface area contributed by atoms with Crippen LogP contribution in [-0.2, 0) is 14.8 Å². The van der Waals surface area contributed by atoms with Gasteiger partial charge in [-0.25, -0.2) is 17.7 Å². The lowest BCUT2D eigenvalue weighted by Crippen LogP contribution is -2.30. The zero-order chi connectivity index (χ0) is 23.5. The first-order valence-electron chi connectivity index (χ1n) is 9.60. The number of nitro groups is 1. The van der Waals surface area contributed by atoms with Crippen molar-refractivity contribution in [1.82, 2.24) is 9.21 Å². The standard InChI is InChI=1S/C21H22N4O5S2/c1-15-14-24(20(26)11-10-16-6-4-8-18(12-16)25(27)28)21(31-15)22-17-7-5-9-19(13-17)32(29,30)23(2)3/h4-13,15H,14H2,1-3H3/b11-10+,22-21?. The maximum atomic E-state index is 12.8. The van der Waals surface area contributed by atoms with E-state index in [4.69, 9.17) is 0 Å². The summed E-state index contributed by atoms with van der Waals surface area (Å²) in [4.78, 5) is 29.4. The summed E-state index contributed by atoms with van der Waals surface area (Å²) in [5, 5.41) is 11.5. The second-order valence-corrected chi connectivity index (χ2v) is 10.8. The van der Waals surface area contributed by atoms with Gasteiger partial charge in [0.15, 0.2) is 5.17 Å². The zero-order valence-corrected chi connectivity index (χ0v) is 19.3. The minimum absolute atomic E-state index is 0.0558. The molecule has 1 unspecified atom stereocenters. The second kappa shape index (κ2) is 9.63. The number of nitrogens with zero attached hydrogens (tertiary/aromatic N) is 4. The van der Waals surface area contributed by atoms with Gasteiger partial charge in [0, 0.05) is 44.1 Å². The number of aliphatic imine (C=N–C) groups is 1. The number of thioether (sulfide) groups is 1. The molecule has 1 saturated heterocycles. The first kappa shape index (κ1) is 23.6. The van der Waals surface area contributed by atoms with Crippen molar-refractivity contribution in [3.05, 3.63) is 70.3 Å². The highest BCUT2D eigenvalue weighted by Crippen LogP contribution is 2.29. The van der Waals surface area contributed by atoms with Crippen molar-refractivity contribution in [1.29, 1.82) is 0 Å². The lowest BCUT2D eigenvalue weighted by atomic mass is 10.2. The molecule has 0 saturated carbocycles. The van der Waals surface area contributed by atoms with E-state index in [0.29, 0.717) is 23.0 Å². The Morgan fingerprint density at radius 1 is 1.25 bits per heavy atom. The third-order valence-electron chi connectivity index (χ3n) is 4.56. The van der Waals surface area contributed by atoms with Crippen LogP contribution in [0.3, 0.4) is 0 Å². The van der Waals surface area contributed by atoms with Crippen molar-refractivity contribution in [2.45, 2.75) is 17.1 Å². The molecule has 3 rings (SSSR count). The third-order valence-corrected chi connectivity index (χ3v) is 7.45. The maximum Gasteiger partial charge on any atom is 0.270 e. The molecule has 2 aromatic carbocycles. The molecular formula is C21H22N4O5S2. The predicted octanol–water partition coefficient (Wildman–Crippen LogP) is 3.51. The number of carbonyl (C=O) groups is 1. The van der Waals surface area contributed by atoms with Crippen molar-refractivity contribution in [3.8, 4) is 0 Å². The quantitative estimate of drug-likeness (QED) is 0.360. The third kappa shape index (κ3) is 5.42. The van der Waals surface area contributed by atoms with Crippen LogP contribution in [0.1, 0.15) is 12.5 Å². The number of rotatable bonds is 6. The molecule has 1 aliphatic heterocycles. The first-order valence-corrected chi connectivity index (χ1v) is 11.9. The lowest BCUT2D eigenvalue weighted by molar-refractivity contribution is -0.384. The number of non-ortho nitro benzene ring substituents is 1. The Hall–Kier alpha value is -3.02. The molecule has 2 aromatic rings. The summed E-state index contributed by atoms with van der Waals surface area (Å²) >= 11 is 1.42. The van der Waals surface area contributed by atoms with E-state index in [1.165, 1.54) is 67.2 Å². The van der Waals surface area contributed by atoms with Crippen LogP contribution in [0.15, 0.2) is 64.5 Å². The molecule has 0 radical (unpaired) electrons. The lowest BCUT2D eigenvalue weighted by Gasteiger charge is -2.14. The highest BCUT2D eigenvalue weighted by molar-refractivity contribution is 8.14. The molecule has 1 fully saturated rings. The largest absolute Gasteiger partial charge is 0.287 e. The van der Waals surface area contributed by atoms with E-state index in [1.807, 2.05) is 6.92 Å². The van der Waals surface area contributed by atoms with E-state index in [0.717, 1.165) is 4.31 Å². The molecule has 1 aliphatic rings. The van der Waals surface area contributed by atoms with Gasteiger partial charge in [-0.2, -0.15) is 0 Å². The molecule has 1 atom stereocenters. The SMILES string of the molecule is CC1CN(C(=O)/C=C/c2cccc([N+](=O)[O-])c2)C(=Nc2cccc(S(=O)(=O)N(C)C)c2)S1. The van der Waals surface area contributed by atoms with Gasteiger partial charge in [0.1, 0.15) is 0 Å². The molecule has 0 N–H and O–H groups in total. The maximum absolute atomic E-state index is 12.8. The van der Waals surface area contributed by atoms with Crippen LogP contribution >= 0.6 is 11.8 Å². The molecule has 9 nitrogen and oxygen atoms in total. The average molecular weight is 475 g/mol. The number of hydrogen-bond acceptors (Lipinski definition) is 7. The molecule has 168 valence electrons. The van der Waals surface area contributed by atoms with E-state index < -0.39 is 14.9 Å². The minimum Gasteiger partial charge on any atom is -0.287 e. The molecule has 32 heavy (non-hydrogen) atoms. The highest BCUT2D eigenvalue weighted by atomic mass is 32.2. The molecule has 0 aliphatic carbocycles. The van der Waals surface area contributed by atoms with Gasteiger partial charge in [-0.3, -0.25) is 19.8 Å². The molecule has 1 heterocycles. The van der Waals surface area contributed by atoms with Gasteiger partial charge in [-0.15, -0.1) is 0 Å². The van der Waals surface area contributed by atoms with E-state index in [-0.39, 0.29) is 21.7 Å². The van der Waals surface area contributed by atoms with Crippen molar-refractivity contribution in [3.63, 3.8) is 0 Å². The van der Waals surface area contributed by atoms with E-state index in [9.17, 15) is 23.3 Å². The Kier molecular flexibility index (Phi) is 7.12. The Labute approximate surface area is 190 Å². The van der Waals surface area contributed by atoms with Crippen molar-refractivity contribution in [2.24, 2.45) is 4.99 Å². The fourth-order valence-electron chi connectivity index (χ4n) is 2.92. The summed E-state index contributed by atoms with van der Waals surface area (Å²) in [5.74, 6) is -0.316. The summed E-state index contributed by atoms with van der Waals surface area (Å²) < 4.78 is 25.9. The highest BCUT2D eigenvalue weighted by Gasteiger charge is 2.29. The van der Waals surface area contributed by atoms with Gasteiger partial charge >= 0.3 is 0 Å². The van der Waals surface area contributed by atoms with Gasteiger partial charge in [-0.05, 0) is 29.8 Å². The Bertz CT molecular complexity index is 1210. The Morgan fingerprint density at radius 2 is 1.97 bits per heavy atom. The second-order valence-electron chi connectivity index (χ2n) is 7.24. The summed E-state index contributed by atoms with van der Waals surface area (Å²) in [6.45, 7) is 2.40. The number of nitro benzene ring substituents is 1. The Balaban J connectivity index is 1.85. The normalized spacial score (nSPS) is 18.1.